The van der Waals surface area contributed by atoms with Crippen molar-refractivity contribution >= 4 is 48.7 Å². The number of primary amides is 1. The van der Waals surface area contributed by atoms with Crippen LogP contribution in [0.15, 0.2) is 34.9 Å². The van der Waals surface area contributed by atoms with E-state index in [-0.39, 0.29) is 17.7 Å². The summed E-state index contributed by atoms with van der Waals surface area (Å²) in [7, 11) is 0.622. The first-order valence-electron chi connectivity index (χ1n) is 14.3. The minimum absolute atomic E-state index is 0.0352. The normalized spacial score (nSPS) is 16.8. The number of aromatic nitrogens is 4. The number of aromatic amines is 1. The Hall–Kier alpha value is -3.26. The lowest BCUT2D eigenvalue weighted by atomic mass is 9.96. The van der Waals surface area contributed by atoms with E-state index in [0.717, 1.165) is 49.4 Å². The molecular formula is C30H39BrN8O3S. The third-order valence-electron chi connectivity index (χ3n) is 8.19. The number of imidazole rings is 1. The number of sulfonamides is 1. The minimum Gasteiger partial charge on any atom is -0.378 e. The van der Waals surface area contributed by atoms with Crippen molar-refractivity contribution in [1.82, 2.24) is 28.7 Å². The number of nitrogens with one attached hydrogen (secondary N) is 2. The van der Waals surface area contributed by atoms with Gasteiger partial charge in [0.05, 0.1) is 21.8 Å². The zero-order chi connectivity index (χ0) is 31.2. The molecule has 0 radical (unpaired) electrons. The van der Waals surface area contributed by atoms with Crippen LogP contribution in [0.3, 0.4) is 0 Å². The van der Waals surface area contributed by atoms with Crippen LogP contribution in [0.4, 0.5) is 5.69 Å². The Labute approximate surface area is 261 Å². The predicted molar refractivity (Wildman–Crippen MR) is 174 cm³/mol. The fourth-order valence-electron chi connectivity index (χ4n) is 5.87. The minimum atomic E-state index is -3.24. The molecule has 0 aliphatic carbocycles. The molecule has 4 heterocycles. The maximum atomic E-state index is 12.4. The van der Waals surface area contributed by atoms with E-state index in [2.05, 4.69) is 68.7 Å². The Bertz CT molecular complexity index is 1800. The molecule has 0 saturated carbocycles. The van der Waals surface area contributed by atoms with Crippen molar-refractivity contribution in [3.05, 3.63) is 57.4 Å². The van der Waals surface area contributed by atoms with Crippen LogP contribution in [-0.2, 0) is 14.8 Å². The molecule has 13 heteroatoms. The number of nitrogens with zero attached hydrogens (tertiary/aromatic N) is 5. The van der Waals surface area contributed by atoms with Gasteiger partial charge < -0.3 is 25.5 Å². The number of aryl methyl sites for hydroxylation is 2. The van der Waals surface area contributed by atoms with Crippen LogP contribution in [0.1, 0.15) is 41.8 Å². The Kier molecular flexibility index (Phi) is 8.72. The number of fused-ring (bicyclic) bond motifs is 1. The number of benzene rings is 1. The third-order valence-corrected chi connectivity index (χ3v) is 10.6. The summed E-state index contributed by atoms with van der Waals surface area (Å²) >= 11 is 3.63. The quantitative estimate of drug-likeness (QED) is 0.231. The highest BCUT2D eigenvalue weighted by molar-refractivity contribution is 9.10. The van der Waals surface area contributed by atoms with E-state index in [0.29, 0.717) is 37.5 Å². The lowest BCUT2D eigenvalue weighted by Crippen LogP contribution is -2.32. The third kappa shape index (κ3) is 6.08. The number of H-pyrrole nitrogens is 1. The second kappa shape index (κ2) is 12.0. The van der Waals surface area contributed by atoms with E-state index in [4.69, 9.17) is 10.7 Å². The molecule has 4 aromatic rings. The van der Waals surface area contributed by atoms with E-state index in [1.54, 1.807) is 17.4 Å². The molecule has 3 aromatic heterocycles. The highest BCUT2D eigenvalue weighted by Crippen LogP contribution is 2.35. The molecule has 1 aromatic carbocycles. The van der Waals surface area contributed by atoms with E-state index in [9.17, 15) is 13.2 Å². The molecule has 230 valence electrons. The van der Waals surface area contributed by atoms with Gasteiger partial charge in [0.1, 0.15) is 11.3 Å². The number of halogens is 1. The van der Waals surface area contributed by atoms with Gasteiger partial charge in [-0.25, -0.2) is 18.4 Å². The van der Waals surface area contributed by atoms with Gasteiger partial charge in [-0.3, -0.25) is 4.79 Å². The number of likely N-dealkylation sites (N-methyl/N-ethyl adjacent to an activating group) is 1. The Morgan fingerprint density at radius 1 is 1.26 bits per heavy atom. The summed E-state index contributed by atoms with van der Waals surface area (Å²) in [6.07, 6.45) is 2.42. The topological polar surface area (TPSA) is 142 Å². The highest BCUT2D eigenvalue weighted by atomic mass is 79.9. The molecule has 5 rings (SSSR count). The Morgan fingerprint density at radius 3 is 2.67 bits per heavy atom. The molecule has 1 aliphatic rings. The maximum Gasteiger partial charge on any atom is 0.226 e. The van der Waals surface area contributed by atoms with Gasteiger partial charge in [0.2, 0.25) is 15.9 Å². The first-order valence-corrected chi connectivity index (χ1v) is 16.7. The number of anilines is 1. The fraction of sp³-hybridized carbons (Fsp3) is 0.433. The predicted octanol–water partition coefficient (Wildman–Crippen LogP) is 4.07. The van der Waals surface area contributed by atoms with E-state index >= 15 is 0 Å². The van der Waals surface area contributed by atoms with E-state index in [1.807, 2.05) is 31.1 Å². The summed E-state index contributed by atoms with van der Waals surface area (Å²) in [5.41, 5.74) is 13.8. The monoisotopic (exact) mass is 670 g/mol. The first kappa shape index (κ1) is 31.2. The van der Waals surface area contributed by atoms with Crippen LogP contribution in [-0.4, -0.2) is 88.6 Å². The number of carbonyl (C=O) groups is 1. The maximum absolute atomic E-state index is 12.4. The molecule has 1 fully saturated rings. The smallest absolute Gasteiger partial charge is 0.226 e. The SMILES string of the molecule is CCS(=O)(=O)N1CC[C@H](Nc2c(Br)cnc3nc(-c4cc(C)n(-c5cc(C(CN(C)C)C(N)=O)ccc5C)c4C)[nH]c23)C1. The number of rotatable bonds is 10. The Balaban J connectivity index is 1.51. The zero-order valence-corrected chi connectivity index (χ0v) is 27.8. The standard InChI is InChI=1S/C30H39BrN8O3S/c1-7-43(41,42)38-11-10-21(15-38)34-26-24(31)14-33-30-27(26)35-29(36-30)22-12-18(3)39(19(22)4)25-13-20(9-8-17(25)2)23(28(32)40)16-37(5)6/h8-9,12-14,21,23H,7,10-11,15-16H2,1-6H3,(H2,32,40)(H2,33,34,35,36)/t21-,23?/m0/s1. The molecule has 2 atom stereocenters. The molecule has 11 nitrogen and oxygen atoms in total. The van der Waals surface area contributed by atoms with Gasteiger partial charge in [-0.1, -0.05) is 12.1 Å². The summed E-state index contributed by atoms with van der Waals surface area (Å²) in [5, 5.41) is 3.54. The van der Waals surface area contributed by atoms with Crippen molar-refractivity contribution in [3.63, 3.8) is 0 Å². The molecule has 1 saturated heterocycles. The van der Waals surface area contributed by atoms with Gasteiger partial charge in [0, 0.05) is 54.5 Å². The van der Waals surface area contributed by atoms with Crippen LogP contribution in [0.5, 0.6) is 0 Å². The van der Waals surface area contributed by atoms with Gasteiger partial charge >= 0.3 is 0 Å². The van der Waals surface area contributed by atoms with Crippen molar-refractivity contribution in [3.8, 4) is 17.1 Å². The number of hydrogen-bond acceptors (Lipinski definition) is 7. The molecule has 1 aliphatic heterocycles. The van der Waals surface area contributed by atoms with Gasteiger partial charge in [0.25, 0.3) is 0 Å². The zero-order valence-electron chi connectivity index (χ0n) is 25.4. The number of amides is 1. The van der Waals surface area contributed by atoms with Crippen molar-refractivity contribution < 1.29 is 13.2 Å². The van der Waals surface area contributed by atoms with Crippen LogP contribution < -0.4 is 11.1 Å². The van der Waals surface area contributed by atoms with Crippen LogP contribution in [0.25, 0.3) is 28.2 Å². The van der Waals surface area contributed by atoms with Crippen molar-refractivity contribution in [2.45, 2.75) is 46.1 Å². The number of pyridine rings is 1. The van der Waals surface area contributed by atoms with Crippen LogP contribution in [0.2, 0.25) is 0 Å². The molecular weight excluding hydrogens is 632 g/mol. The van der Waals surface area contributed by atoms with Crippen LogP contribution in [0, 0.1) is 20.8 Å². The number of hydrogen-bond donors (Lipinski definition) is 3. The summed E-state index contributed by atoms with van der Waals surface area (Å²) in [6.45, 7) is 9.26. The summed E-state index contributed by atoms with van der Waals surface area (Å²) < 4.78 is 29.3. The molecule has 4 N–H and O–H groups in total. The van der Waals surface area contributed by atoms with Crippen molar-refractivity contribution in [1.29, 1.82) is 0 Å². The Morgan fingerprint density at radius 2 is 2.00 bits per heavy atom. The van der Waals surface area contributed by atoms with Gasteiger partial charge in [0.15, 0.2) is 5.65 Å². The summed E-state index contributed by atoms with van der Waals surface area (Å²) in [6, 6.07) is 8.13. The van der Waals surface area contributed by atoms with Gasteiger partial charge in [-0.2, -0.15) is 4.31 Å². The van der Waals surface area contributed by atoms with Crippen molar-refractivity contribution in [2.75, 3.05) is 44.8 Å². The lowest BCUT2D eigenvalue weighted by molar-refractivity contribution is -0.119. The summed E-state index contributed by atoms with van der Waals surface area (Å²) in [4.78, 5) is 27.2. The van der Waals surface area contributed by atoms with E-state index in [1.165, 1.54) is 0 Å². The second-order valence-electron chi connectivity index (χ2n) is 11.5. The molecule has 43 heavy (non-hydrogen) atoms. The molecule has 0 bridgehead atoms. The molecule has 0 spiro atoms. The lowest BCUT2D eigenvalue weighted by Gasteiger charge is -2.21. The summed E-state index contributed by atoms with van der Waals surface area (Å²) in [5.74, 6) is -0.00434. The molecule has 1 unspecified atom stereocenters. The second-order valence-corrected chi connectivity index (χ2v) is 14.6. The highest BCUT2D eigenvalue weighted by Gasteiger charge is 2.31. The van der Waals surface area contributed by atoms with Gasteiger partial charge in [-0.15, -0.1) is 0 Å². The average Bonchev–Trinajstić information content (AvgIpc) is 3.67. The largest absolute Gasteiger partial charge is 0.378 e. The van der Waals surface area contributed by atoms with Crippen molar-refractivity contribution in [2.24, 2.45) is 5.73 Å². The first-order chi connectivity index (χ1) is 20.3. The number of nitrogens with two attached hydrogens (primary N) is 1. The number of carbonyl (C=O) groups excluding carboxylic acids is 1. The molecule has 1 amide bonds. The van der Waals surface area contributed by atoms with E-state index < -0.39 is 15.9 Å². The van der Waals surface area contributed by atoms with Gasteiger partial charge in [-0.05, 0) is 87.4 Å². The average molecular weight is 672 g/mol. The van der Waals surface area contributed by atoms with Crippen LogP contribution >= 0.6 is 15.9 Å². The fourth-order valence-corrected chi connectivity index (χ4v) is 7.44.